The molecule has 0 aliphatic carbocycles. The highest BCUT2D eigenvalue weighted by Gasteiger charge is 2.17. The molecule has 0 aliphatic heterocycles. The van der Waals surface area contributed by atoms with Gasteiger partial charge in [-0.25, -0.2) is 13.2 Å². The summed E-state index contributed by atoms with van der Waals surface area (Å²) in [5.74, 6) is -3.41. The minimum Gasteiger partial charge on any atom is -0.549 e. The first-order valence-electron chi connectivity index (χ1n) is 12.1. The number of ether oxygens (including phenoxy) is 1. The van der Waals surface area contributed by atoms with Crippen molar-refractivity contribution in [3.8, 4) is 0 Å². The summed E-state index contributed by atoms with van der Waals surface area (Å²) in [5.41, 5.74) is 0.0924. The number of hydrogen-bond acceptors (Lipinski definition) is 6. The van der Waals surface area contributed by atoms with Gasteiger partial charge in [-0.1, -0.05) is 96.5 Å². The number of carboxylic acids is 1. The van der Waals surface area contributed by atoms with Gasteiger partial charge in [0.05, 0.1) is 28.8 Å². The van der Waals surface area contributed by atoms with Gasteiger partial charge in [-0.2, -0.15) is 0 Å². The zero-order valence-corrected chi connectivity index (χ0v) is 20.3. The van der Waals surface area contributed by atoms with Gasteiger partial charge in [-0.15, -0.1) is 0 Å². The van der Waals surface area contributed by atoms with Crippen LogP contribution in [-0.4, -0.2) is 32.7 Å². The molecule has 0 aliphatic rings. The second-order valence-corrected chi connectivity index (χ2v) is 10.4. The lowest BCUT2D eigenvalue weighted by Gasteiger charge is -2.08. The van der Waals surface area contributed by atoms with E-state index in [2.05, 4.69) is 6.92 Å². The largest absolute Gasteiger partial charge is 0.549 e. The highest BCUT2D eigenvalue weighted by Crippen LogP contribution is 2.15. The highest BCUT2D eigenvalue weighted by molar-refractivity contribution is 7.92. The SMILES string of the molecule is CCCCCCCCCCCCCCCCOC(=O)c1cccc(S(=O)(=O)CC(=O)[O-])c1. The fourth-order valence-corrected chi connectivity index (χ4v) is 4.67. The molecule has 182 valence electrons. The molecule has 32 heavy (non-hydrogen) atoms. The minimum atomic E-state index is -4.04. The molecule has 0 saturated heterocycles. The third kappa shape index (κ3) is 12.8. The third-order valence-electron chi connectivity index (χ3n) is 5.47. The zero-order valence-electron chi connectivity index (χ0n) is 19.5. The van der Waals surface area contributed by atoms with Crippen molar-refractivity contribution in [1.29, 1.82) is 0 Å². The Balaban J connectivity index is 2.10. The zero-order chi connectivity index (χ0) is 23.7. The molecule has 1 aromatic carbocycles. The molecule has 0 heterocycles. The Labute approximate surface area is 193 Å². The van der Waals surface area contributed by atoms with Crippen molar-refractivity contribution in [2.24, 2.45) is 0 Å². The fraction of sp³-hybridized carbons (Fsp3) is 0.680. The van der Waals surface area contributed by atoms with E-state index in [1.54, 1.807) is 0 Å². The lowest BCUT2D eigenvalue weighted by molar-refractivity contribution is -0.301. The van der Waals surface area contributed by atoms with Gasteiger partial charge in [0.15, 0.2) is 9.84 Å². The molecule has 0 atom stereocenters. The smallest absolute Gasteiger partial charge is 0.338 e. The van der Waals surface area contributed by atoms with E-state index in [9.17, 15) is 23.1 Å². The lowest BCUT2D eigenvalue weighted by Crippen LogP contribution is -2.30. The second-order valence-electron chi connectivity index (χ2n) is 8.39. The van der Waals surface area contributed by atoms with Crippen molar-refractivity contribution in [2.45, 2.75) is 102 Å². The van der Waals surface area contributed by atoms with Crippen LogP contribution in [0.4, 0.5) is 0 Å². The number of esters is 1. The number of hydrogen-bond donors (Lipinski definition) is 0. The van der Waals surface area contributed by atoms with E-state index < -0.39 is 27.5 Å². The van der Waals surface area contributed by atoms with Gasteiger partial charge in [-0.3, -0.25) is 0 Å². The van der Waals surface area contributed by atoms with Crippen LogP contribution in [0.25, 0.3) is 0 Å². The number of aliphatic carboxylic acids is 1. The van der Waals surface area contributed by atoms with E-state index >= 15 is 0 Å². The third-order valence-corrected chi connectivity index (χ3v) is 7.06. The van der Waals surface area contributed by atoms with Gasteiger partial charge < -0.3 is 14.6 Å². The number of carboxylic acid groups (broad SMARTS) is 1. The molecule has 0 saturated carbocycles. The Morgan fingerprint density at radius 3 is 1.81 bits per heavy atom. The summed E-state index contributed by atoms with van der Waals surface area (Å²) in [4.78, 5) is 22.5. The van der Waals surface area contributed by atoms with Crippen molar-refractivity contribution in [1.82, 2.24) is 0 Å². The quantitative estimate of drug-likeness (QED) is 0.213. The van der Waals surface area contributed by atoms with Gasteiger partial charge in [0.25, 0.3) is 0 Å². The van der Waals surface area contributed by atoms with Gasteiger partial charge >= 0.3 is 5.97 Å². The summed E-state index contributed by atoms with van der Waals surface area (Å²) in [6.45, 7) is 2.53. The monoisotopic (exact) mass is 467 g/mol. The van der Waals surface area contributed by atoms with Crippen molar-refractivity contribution >= 4 is 21.8 Å². The standard InChI is InChI=1S/C25H40O6S/c1-2-3-4-5-6-7-8-9-10-11-12-13-14-15-19-31-25(28)22-17-16-18-23(20-22)32(29,30)21-24(26)27/h16-18,20H,2-15,19,21H2,1H3,(H,26,27)/p-1. The maximum absolute atomic E-state index is 12.1. The van der Waals surface area contributed by atoms with E-state index in [4.69, 9.17) is 4.74 Å². The molecular weight excluding hydrogens is 428 g/mol. The maximum atomic E-state index is 12.1. The van der Waals surface area contributed by atoms with Crippen molar-refractivity contribution in [2.75, 3.05) is 12.4 Å². The van der Waals surface area contributed by atoms with Gasteiger partial charge in [-0.05, 0) is 24.6 Å². The molecule has 6 nitrogen and oxygen atoms in total. The van der Waals surface area contributed by atoms with E-state index in [1.807, 2.05) is 0 Å². The first kappa shape index (κ1) is 28.1. The average Bonchev–Trinajstić information content (AvgIpc) is 2.75. The summed E-state index contributed by atoms with van der Waals surface area (Å²) in [6.07, 6.45) is 17.5. The number of unbranched alkanes of at least 4 members (excludes halogenated alkanes) is 13. The Hall–Kier alpha value is -1.89. The molecule has 0 spiro atoms. The lowest BCUT2D eigenvalue weighted by atomic mass is 10.0. The van der Waals surface area contributed by atoms with E-state index in [0.717, 1.165) is 25.3 Å². The maximum Gasteiger partial charge on any atom is 0.338 e. The average molecular weight is 468 g/mol. The summed E-state index contributed by atoms with van der Waals surface area (Å²) >= 11 is 0. The van der Waals surface area contributed by atoms with E-state index in [-0.39, 0.29) is 17.1 Å². The Bertz CT molecular complexity index is 772. The van der Waals surface area contributed by atoms with Crippen LogP contribution >= 0.6 is 0 Å². The number of carbonyl (C=O) groups is 2. The summed E-state index contributed by atoms with van der Waals surface area (Å²) in [7, 11) is -4.04. The topological polar surface area (TPSA) is 101 Å². The van der Waals surface area contributed by atoms with Crippen LogP contribution in [0.5, 0.6) is 0 Å². The summed E-state index contributed by atoms with van der Waals surface area (Å²) in [5, 5.41) is 10.6. The molecule has 0 aromatic heterocycles. The van der Waals surface area contributed by atoms with E-state index in [1.165, 1.54) is 88.8 Å². The Morgan fingerprint density at radius 1 is 0.812 bits per heavy atom. The summed E-state index contributed by atoms with van der Waals surface area (Å²) in [6, 6.07) is 5.24. The molecule has 0 amide bonds. The predicted molar refractivity (Wildman–Crippen MR) is 124 cm³/mol. The number of benzene rings is 1. The van der Waals surface area contributed by atoms with Crippen LogP contribution in [-0.2, 0) is 19.4 Å². The van der Waals surface area contributed by atoms with Crippen LogP contribution < -0.4 is 5.11 Å². The molecule has 7 heteroatoms. The van der Waals surface area contributed by atoms with Crippen molar-refractivity contribution in [3.05, 3.63) is 29.8 Å². The molecular formula is C25H39O6S-. The first-order valence-corrected chi connectivity index (χ1v) is 13.7. The van der Waals surface area contributed by atoms with Crippen LogP contribution in [0.2, 0.25) is 0 Å². The van der Waals surface area contributed by atoms with Crippen molar-refractivity contribution < 1.29 is 27.9 Å². The van der Waals surface area contributed by atoms with Crippen molar-refractivity contribution in [3.63, 3.8) is 0 Å². The van der Waals surface area contributed by atoms with Gasteiger partial charge in [0, 0.05) is 0 Å². The van der Waals surface area contributed by atoms with Crippen LogP contribution in [0.3, 0.4) is 0 Å². The minimum absolute atomic E-state index is 0.0924. The second kappa shape index (κ2) is 16.7. The Morgan fingerprint density at radius 2 is 1.31 bits per heavy atom. The normalized spacial score (nSPS) is 11.4. The molecule has 0 bridgehead atoms. The fourth-order valence-electron chi connectivity index (χ4n) is 3.60. The van der Waals surface area contributed by atoms with Crippen LogP contribution in [0, 0.1) is 0 Å². The molecule has 1 aromatic rings. The number of rotatable bonds is 19. The number of carbonyl (C=O) groups excluding carboxylic acids is 2. The van der Waals surface area contributed by atoms with Gasteiger partial charge in [0.1, 0.15) is 0 Å². The first-order chi connectivity index (χ1) is 15.4. The molecule has 0 unspecified atom stereocenters. The molecule has 0 radical (unpaired) electrons. The molecule has 0 N–H and O–H groups in total. The molecule has 1 rings (SSSR count). The molecule has 0 fully saturated rings. The Kier molecular flexibility index (Phi) is 14.7. The highest BCUT2D eigenvalue weighted by atomic mass is 32.2. The number of sulfone groups is 1. The van der Waals surface area contributed by atoms with Crippen LogP contribution in [0.1, 0.15) is 107 Å². The summed E-state index contributed by atoms with van der Waals surface area (Å²) < 4.78 is 29.1. The van der Waals surface area contributed by atoms with Crippen LogP contribution in [0.15, 0.2) is 29.2 Å². The predicted octanol–water partition coefficient (Wildman–Crippen LogP) is 4.85. The van der Waals surface area contributed by atoms with E-state index in [0.29, 0.717) is 0 Å². The van der Waals surface area contributed by atoms with Gasteiger partial charge in [0.2, 0.25) is 0 Å².